The van der Waals surface area contributed by atoms with Crippen LogP contribution in [0.4, 0.5) is 0 Å². The summed E-state index contributed by atoms with van der Waals surface area (Å²) >= 11 is 0. The molecular formula is C18H22N4O. The zero-order valence-corrected chi connectivity index (χ0v) is 13.6. The smallest absolute Gasteiger partial charge is 0.220 e. The van der Waals surface area contributed by atoms with Crippen LogP contribution in [0.25, 0.3) is 5.57 Å². The molecule has 5 nitrogen and oxygen atoms in total. The number of nitrogens with zero attached hydrogens (tertiary/aromatic N) is 1. The first-order valence-electron chi connectivity index (χ1n) is 7.84. The summed E-state index contributed by atoms with van der Waals surface area (Å²) in [7, 11) is 0. The van der Waals surface area contributed by atoms with E-state index < -0.39 is 0 Å². The van der Waals surface area contributed by atoms with Gasteiger partial charge in [0.1, 0.15) is 0 Å². The molecule has 0 radical (unpaired) electrons. The Morgan fingerprint density at radius 2 is 2.35 bits per heavy atom. The fourth-order valence-electron chi connectivity index (χ4n) is 2.94. The SMILES string of the molecule is CCNC(=O)CC1CN/C(=C(\C=N)c2ccc(C#N)cc2C)C1. The highest BCUT2D eigenvalue weighted by molar-refractivity contribution is 6.10. The van der Waals surface area contributed by atoms with Gasteiger partial charge in [0, 0.05) is 37.0 Å². The van der Waals surface area contributed by atoms with E-state index in [2.05, 4.69) is 16.7 Å². The Morgan fingerprint density at radius 3 is 2.96 bits per heavy atom. The second kappa shape index (κ2) is 7.59. The number of aryl methyl sites for hydroxylation is 1. The molecule has 1 heterocycles. The van der Waals surface area contributed by atoms with Gasteiger partial charge in [0.25, 0.3) is 0 Å². The lowest BCUT2D eigenvalue weighted by Gasteiger charge is -2.11. The number of hydrogen-bond acceptors (Lipinski definition) is 4. The molecule has 1 aliphatic rings. The van der Waals surface area contributed by atoms with Crippen LogP contribution in [-0.4, -0.2) is 25.2 Å². The normalized spacial score (nSPS) is 18.7. The number of hydrogen-bond donors (Lipinski definition) is 3. The molecule has 1 atom stereocenters. The molecule has 1 unspecified atom stereocenters. The van der Waals surface area contributed by atoms with E-state index in [0.717, 1.165) is 35.4 Å². The maximum atomic E-state index is 11.7. The molecule has 1 amide bonds. The van der Waals surface area contributed by atoms with Gasteiger partial charge in [-0.25, -0.2) is 0 Å². The molecule has 0 aromatic heterocycles. The molecule has 5 heteroatoms. The Labute approximate surface area is 136 Å². The Bertz CT molecular complexity index is 685. The molecule has 0 saturated carbocycles. The highest BCUT2D eigenvalue weighted by atomic mass is 16.1. The zero-order valence-electron chi connectivity index (χ0n) is 13.6. The van der Waals surface area contributed by atoms with Crippen LogP contribution in [0, 0.1) is 29.6 Å². The highest BCUT2D eigenvalue weighted by Gasteiger charge is 2.24. The van der Waals surface area contributed by atoms with Gasteiger partial charge in [0.15, 0.2) is 0 Å². The molecule has 1 aliphatic heterocycles. The van der Waals surface area contributed by atoms with E-state index in [-0.39, 0.29) is 11.8 Å². The molecule has 1 aromatic carbocycles. The third kappa shape index (κ3) is 3.98. The van der Waals surface area contributed by atoms with E-state index in [0.29, 0.717) is 18.5 Å². The van der Waals surface area contributed by atoms with Gasteiger partial charge >= 0.3 is 0 Å². The maximum absolute atomic E-state index is 11.7. The Morgan fingerprint density at radius 1 is 1.57 bits per heavy atom. The van der Waals surface area contributed by atoms with Crippen molar-refractivity contribution in [3.8, 4) is 6.07 Å². The average molecular weight is 310 g/mol. The summed E-state index contributed by atoms with van der Waals surface area (Å²) in [5.74, 6) is 0.330. The largest absolute Gasteiger partial charge is 0.387 e. The van der Waals surface area contributed by atoms with E-state index >= 15 is 0 Å². The molecular weight excluding hydrogens is 288 g/mol. The number of nitrogens with one attached hydrogen (secondary N) is 3. The topological polar surface area (TPSA) is 88.8 Å². The van der Waals surface area contributed by atoms with E-state index in [1.165, 1.54) is 6.21 Å². The van der Waals surface area contributed by atoms with Crippen molar-refractivity contribution in [2.75, 3.05) is 13.1 Å². The molecule has 120 valence electrons. The van der Waals surface area contributed by atoms with Crippen molar-refractivity contribution in [1.29, 1.82) is 10.7 Å². The first kappa shape index (κ1) is 16.8. The summed E-state index contributed by atoms with van der Waals surface area (Å²) in [4.78, 5) is 11.7. The molecule has 1 aromatic rings. The van der Waals surface area contributed by atoms with Gasteiger partial charge in [-0.05, 0) is 49.4 Å². The molecule has 2 rings (SSSR count). The third-order valence-corrected chi connectivity index (χ3v) is 4.06. The highest BCUT2D eigenvalue weighted by Crippen LogP contribution is 2.28. The first-order valence-corrected chi connectivity index (χ1v) is 7.84. The predicted molar refractivity (Wildman–Crippen MR) is 91.0 cm³/mol. The fourth-order valence-corrected chi connectivity index (χ4v) is 2.94. The van der Waals surface area contributed by atoms with Crippen molar-refractivity contribution in [3.05, 3.63) is 40.6 Å². The fraction of sp³-hybridized carbons (Fsp3) is 0.389. The van der Waals surface area contributed by atoms with Crippen LogP contribution in [0.1, 0.15) is 36.5 Å². The van der Waals surface area contributed by atoms with E-state index in [1.807, 2.05) is 26.0 Å². The van der Waals surface area contributed by atoms with Crippen LogP contribution >= 0.6 is 0 Å². The van der Waals surface area contributed by atoms with Crippen LogP contribution in [0.15, 0.2) is 23.9 Å². The quantitative estimate of drug-likeness (QED) is 0.729. The van der Waals surface area contributed by atoms with Gasteiger partial charge < -0.3 is 16.0 Å². The Kier molecular flexibility index (Phi) is 5.53. The number of allylic oxidation sites excluding steroid dienone is 2. The summed E-state index contributed by atoms with van der Waals surface area (Å²) in [6.07, 6.45) is 2.62. The van der Waals surface area contributed by atoms with E-state index in [1.54, 1.807) is 6.07 Å². The van der Waals surface area contributed by atoms with Crippen LogP contribution in [0.3, 0.4) is 0 Å². The van der Waals surface area contributed by atoms with E-state index in [4.69, 9.17) is 10.7 Å². The van der Waals surface area contributed by atoms with Gasteiger partial charge in [-0.2, -0.15) is 5.26 Å². The van der Waals surface area contributed by atoms with Crippen molar-refractivity contribution >= 4 is 17.7 Å². The van der Waals surface area contributed by atoms with Crippen molar-refractivity contribution in [3.63, 3.8) is 0 Å². The van der Waals surface area contributed by atoms with Crippen molar-refractivity contribution in [2.45, 2.75) is 26.7 Å². The third-order valence-electron chi connectivity index (χ3n) is 4.06. The number of carbonyl (C=O) groups excluding carboxylic acids is 1. The van der Waals surface area contributed by atoms with Crippen molar-refractivity contribution in [2.24, 2.45) is 5.92 Å². The van der Waals surface area contributed by atoms with Gasteiger partial charge in [0.2, 0.25) is 5.91 Å². The van der Waals surface area contributed by atoms with Crippen LogP contribution in [0.2, 0.25) is 0 Å². The number of rotatable bonds is 5. The summed E-state index contributed by atoms with van der Waals surface area (Å²) < 4.78 is 0. The minimum absolute atomic E-state index is 0.0755. The monoisotopic (exact) mass is 310 g/mol. The minimum atomic E-state index is 0.0755. The number of carbonyl (C=O) groups is 1. The number of amides is 1. The maximum Gasteiger partial charge on any atom is 0.220 e. The standard InChI is InChI=1S/C18H22N4O/c1-3-21-18(23)8-14-7-17(22-11-14)16(10-20)15-5-4-13(9-19)6-12(15)2/h4-6,10,14,20,22H,3,7-8,11H2,1-2H3,(H,21,23)/b17-16+,20-10?. The lowest BCUT2D eigenvalue weighted by molar-refractivity contribution is -0.121. The summed E-state index contributed by atoms with van der Waals surface area (Å²) in [6, 6.07) is 7.62. The Balaban J connectivity index is 2.21. The van der Waals surface area contributed by atoms with Gasteiger partial charge in [-0.1, -0.05) is 6.07 Å². The molecule has 1 fully saturated rings. The number of benzene rings is 1. The summed E-state index contributed by atoms with van der Waals surface area (Å²) in [5, 5.41) is 22.9. The zero-order chi connectivity index (χ0) is 16.8. The van der Waals surface area contributed by atoms with Gasteiger partial charge in [-0.15, -0.1) is 0 Å². The van der Waals surface area contributed by atoms with Crippen LogP contribution < -0.4 is 10.6 Å². The second-order valence-electron chi connectivity index (χ2n) is 5.79. The van der Waals surface area contributed by atoms with Crippen molar-refractivity contribution < 1.29 is 4.79 Å². The Hall–Kier alpha value is -2.61. The molecule has 1 saturated heterocycles. The van der Waals surface area contributed by atoms with Gasteiger partial charge in [0.05, 0.1) is 11.6 Å². The molecule has 3 N–H and O–H groups in total. The molecule has 0 bridgehead atoms. The van der Waals surface area contributed by atoms with E-state index in [9.17, 15) is 4.79 Å². The molecule has 0 aliphatic carbocycles. The lowest BCUT2D eigenvalue weighted by atomic mass is 9.95. The van der Waals surface area contributed by atoms with Crippen LogP contribution in [-0.2, 0) is 4.79 Å². The van der Waals surface area contributed by atoms with Crippen LogP contribution in [0.5, 0.6) is 0 Å². The summed E-state index contributed by atoms with van der Waals surface area (Å²) in [5.41, 5.74) is 4.39. The number of nitriles is 1. The first-order chi connectivity index (χ1) is 11.1. The molecule has 23 heavy (non-hydrogen) atoms. The summed E-state index contributed by atoms with van der Waals surface area (Å²) in [6.45, 7) is 5.26. The predicted octanol–water partition coefficient (Wildman–Crippen LogP) is 2.36. The van der Waals surface area contributed by atoms with Crippen molar-refractivity contribution in [1.82, 2.24) is 10.6 Å². The second-order valence-corrected chi connectivity index (χ2v) is 5.79. The van der Waals surface area contributed by atoms with Gasteiger partial charge in [-0.3, -0.25) is 4.79 Å². The average Bonchev–Trinajstić information content (AvgIpc) is 2.97. The minimum Gasteiger partial charge on any atom is -0.387 e. The lowest BCUT2D eigenvalue weighted by Crippen LogP contribution is -2.25. The molecule has 0 spiro atoms.